The van der Waals surface area contributed by atoms with E-state index in [2.05, 4.69) is 20.8 Å². The second-order valence-corrected chi connectivity index (χ2v) is 10.8. The first-order chi connectivity index (χ1) is 18.6. The molecule has 0 fully saturated rings. The Morgan fingerprint density at radius 3 is 2.33 bits per heavy atom. The van der Waals surface area contributed by atoms with Gasteiger partial charge in [0.25, 0.3) is 5.91 Å². The fourth-order valence-corrected chi connectivity index (χ4v) is 4.84. The number of unbranched alkanes of at least 4 members (excludes halogenated alkanes) is 1. The van der Waals surface area contributed by atoms with E-state index in [-0.39, 0.29) is 27.7 Å². The molecular weight excluding hydrogens is 497 g/mol. The SMILES string of the molecule is CCCCOC(=O)c1ccc(N2C(=O)c3oc4ccc(F)cc4c(=O)c3C2c2ccc(C(C)(C)C)cc2)cc1. The van der Waals surface area contributed by atoms with Crippen molar-refractivity contribution in [3.05, 3.63) is 111 Å². The molecule has 1 aliphatic rings. The lowest BCUT2D eigenvalue weighted by Gasteiger charge is -2.26. The zero-order valence-electron chi connectivity index (χ0n) is 22.4. The van der Waals surface area contributed by atoms with Crippen molar-refractivity contribution in [3.8, 4) is 0 Å². The molecule has 7 heteroatoms. The average Bonchev–Trinajstić information content (AvgIpc) is 3.21. The van der Waals surface area contributed by atoms with E-state index in [0.717, 1.165) is 24.5 Å². The van der Waals surface area contributed by atoms with E-state index < -0.39 is 29.2 Å². The van der Waals surface area contributed by atoms with Crippen LogP contribution in [0.5, 0.6) is 0 Å². The van der Waals surface area contributed by atoms with Gasteiger partial charge in [-0.1, -0.05) is 58.4 Å². The highest BCUT2D eigenvalue weighted by molar-refractivity contribution is 6.10. The van der Waals surface area contributed by atoms with Crippen LogP contribution in [0.4, 0.5) is 10.1 Å². The number of ether oxygens (including phenoxy) is 1. The van der Waals surface area contributed by atoms with E-state index >= 15 is 0 Å². The van der Waals surface area contributed by atoms with E-state index in [1.54, 1.807) is 24.3 Å². The Kier molecular flexibility index (Phi) is 6.85. The molecule has 0 radical (unpaired) electrons. The number of nitrogens with zero attached hydrogens (tertiary/aromatic N) is 1. The molecule has 1 aliphatic heterocycles. The summed E-state index contributed by atoms with van der Waals surface area (Å²) in [7, 11) is 0. The molecule has 0 N–H and O–H groups in total. The molecule has 3 aromatic carbocycles. The number of hydrogen-bond acceptors (Lipinski definition) is 5. The van der Waals surface area contributed by atoms with E-state index in [1.807, 2.05) is 31.2 Å². The van der Waals surface area contributed by atoms with Gasteiger partial charge >= 0.3 is 5.97 Å². The molecule has 1 aromatic heterocycles. The molecule has 39 heavy (non-hydrogen) atoms. The maximum Gasteiger partial charge on any atom is 0.338 e. The number of anilines is 1. The lowest BCUT2D eigenvalue weighted by Crippen LogP contribution is -2.29. The molecule has 5 rings (SSSR count). The second-order valence-electron chi connectivity index (χ2n) is 10.8. The highest BCUT2D eigenvalue weighted by Gasteiger charge is 2.43. The van der Waals surface area contributed by atoms with Crippen LogP contribution < -0.4 is 10.3 Å². The Balaban J connectivity index is 1.62. The fourth-order valence-electron chi connectivity index (χ4n) is 4.84. The molecule has 1 unspecified atom stereocenters. The van der Waals surface area contributed by atoms with Gasteiger partial charge in [0.1, 0.15) is 11.4 Å². The van der Waals surface area contributed by atoms with Crippen molar-refractivity contribution in [2.75, 3.05) is 11.5 Å². The molecule has 0 saturated carbocycles. The van der Waals surface area contributed by atoms with Crippen molar-refractivity contribution in [3.63, 3.8) is 0 Å². The molecule has 200 valence electrons. The third-order valence-corrected chi connectivity index (χ3v) is 7.04. The van der Waals surface area contributed by atoms with Crippen LogP contribution in [0, 0.1) is 5.82 Å². The Hall–Kier alpha value is -4.26. The molecule has 2 heterocycles. The van der Waals surface area contributed by atoms with Crippen molar-refractivity contribution < 1.29 is 23.1 Å². The van der Waals surface area contributed by atoms with E-state index in [9.17, 15) is 18.8 Å². The molecule has 4 aromatic rings. The predicted octanol–water partition coefficient (Wildman–Crippen LogP) is 6.94. The molecule has 0 bridgehead atoms. The van der Waals surface area contributed by atoms with Crippen molar-refractivity contribution in [1.82, 2.24) is 0 Å². The number of halogens is 1. The molecule has 1 atom stereocenters. The highest BCUT2D eigenvalue weighted by Crippen LogP contribution is 2.41. The number of hydrogen-bond donors (Lipinski definition) is 0. The number of amides is 1. The van der Waals surface area contributed by atoms with Crippen molar-refractivity contribution in [1.29, 1.82) is 0 Å². The van der Waals surface area contributed by atoms with Crippen molar-refractivity contribution in [2.45, 2.75) is 52.0 Å². The first-order valence-electron chi connectivity index (χ1n) is 13.1. The highest BCUT2D eigenvalue weighted by atomic mass is 19.1. The Labute approximate surface area is 226 Å². The Morgan fingerprint density at radius 2 is 1.69 bits per heavy atom. The first-order valence-corrected chi connectivity index (χ1v) is 13.1. The van der Waals surface area contributed by atoms with Crippen LogP contribution in [0.25, 0.3) is 11.0 Å². The summed E-state index contributed by atoms with van der Waals surface area (Å²) in [6.07, 6.45) is 1.69. The number of rotatable bonds is 6. The minimum atomic E-state index is -0.798. The maximum atomic E-state index is 14.1. The third kappa shape index (κ3) is 4.85. The summed E-state index contributed by atoms with van der Waals surface area (Å²) in [5, 5.41) is 0.0740. The van der Waals surface area contributed by atoms with Gasteiger partial charge in [-0.25, -0.2) is 9.18 Å². The average molecular weight is 528 g/mol. The molecule has 0 spiro atoms. The van der Waals surface area contributed by atoms with Crippen LogP contribution in [0.2, 0.25) is 0 Å². The van der Waals surface area contributed by atoms with Gasteiger partial charge in [0.2, 0.25) is 5.76 Å². The lowest BCUT2D eigenvalue weighted by molar-refractivity contribution is 0.0499. The van der Waals surface area contributed by atoms with Gasteiger partial charge in [-0.3, -0.25) is 14.5 Å². The first kappa shape index (κ1) is 26.4. The van der Waals surface area contributed by atoms with Crippen molar-refractivity contribution in [2.24, 2.45) is 0 Å². The van der Waals surface area contributed by atoms with Gasteiger partial charge in [0, 0.05) is 5.69 Å². The molecule has 1 amide bonds. The smallest absolute Gasteiger partial charge is 0.338 e. The minimum absolute atomic E-state index is 0.0740. The van der Waals surface area contributed by atoms with Crippen molar-refractivity contribution >= 4 is 28.5 Å². The van der Waals surface area contributed by atoms with Gasteiger partial charge < -0.3 is 9.15 Å². The number of carbonyl (C=O) groups excluding carboxylic acids is 2. The van der Waals surface area contributed by atoms with Gasteiger partial charge in [-0.15, -0.1) is 0 Å². The predicted molar refractivity (Wildman–Crippen MR) is 148 cm³/mol. The topological polar surface area (TPSA) is 76.8 Å². The number of carbonyl (C=O) groups is 2. The zero-order chi connectivity index (χ0) is 27.9. The maximum absolute atomic E-state index is 14.1. The zero-order valence-corrected chi connectivity index (χ0v) is 22.4. The second kappa shape index (κ2) is 10.1. The minimum Gasteiger partial charge on any atom is -0.462 e. The van der Waals surface area contributed by atoms with Crippen LogP contribution in [0.15, 0.2) is 75.9 Å². The lowest BCUT2D eigenvalue weighted by atomic mass is 9.86. The molecule has 6 nitrogen and oxygen atoms in total. The van der Waals surface area contributed by atoms with Crippen LogP contribution >= 0.6 is 0 Å². The van der Waals surface area contributed by atoms with Crippen LogP contribution in [-0.2, 0) is 10.2 Å². The van der Waals surface area contributed by atoms with Crippen LogP contribution in [-0.4, -0.2) is 18.5 Å². The number of fused-ring (bicyclic) bond motifs is 2. The van der Waals surface area contributed by atoms with E-state index in [4.69, 9.17) is 9.15 Å². The number of esters is 1. The molecular formula is C32H30FNO5. The van der Waals surface area contributed by atoms with E-state index in [1.165, 1.54) is 17.0 Å². The largest absolute Gasteiger partial charge is 0.462 e. The van der Waals surface area contributed by atoms with Crippen LogP contribution in [0.3, 0.4) is 0 Å². The summed E-state index contributed by atoms with van der Waals surface area (Å²) < 4.78 is 25.3. The fraction of sp³-hybridized carbons (Fsp3) is 0.281. The standard InChI is InChI=1S/C32H30FNO5/c1-5-6-17-38-31(37)20-9-14-23(15-10-20)34-27(19-7-11-21(12-8-19)32(2,3)4)26-28(35)24-18-22(33)13-16-25(24)39-29(26)30(34)36/h7-16,18,27H,5-6,17H2,1-4H3. The molecule has 0 aliphatic carbocycles. The van der Waals surface area contributed by atoms with Gasteiger partial charge in [0.05, 0.1) is 29.2 Å². The normalized spacial score (nSPS) is 15.1. The van der Waals surface area contributed by atoms with Crippen LogP contribution in [0.1, 0.15) is 84.2 Å². The van der Waals surface area contributed by atoms with Gasteiger partial charge in [-0.2, -0.15) is 0 Å². The summed E-state index contributed by atoms with van der Waals surface area (Å²) in [5.74, 6) is -1.57. The van der Waals surface area contributed by atoms with E-state index in [0.29, 0.717) is 23.4 Å². The number of benzene rings is 3. The summed E-state index contributed by atoms with van der Waals surface area (Å²) in [6, 6.07) is 17.1. The summed E-state index contributed by atoms with van der Waals surface area (Å²) >= 11 is 0. The molecule has 0 saturated heterocycles. The van der Waals surface area contributed by atoms with Gasteiger partial charge in [0.15, 0.2) is 5.43 Å². The summed E-state index contributed by atoms with van der Waals surface area (Å²) in [6.45, 7) is 8.66. The third-order valence-electron chi connectivity index (χ3n) is 7.04. The monoisotopic (exact) mass is 527 g/mol. The summed E-state index contributed by atoms with van der Waals surface area (Å²) in [4.78, 5) is 41.4. The Morgan fingerprint density at radius 1 is 1.00 bits per heavy atom. The van der Waals surface area contributed by atoms with Gasteiger partial charge in [-0.05, 0) is 65.4 Å². The quantitative estimate of drug-likeness (QED) is 0.201. The summed E-state index contributed by atoms with van der Waals surface area (Å²) in [5.41, 5.74) is 2.41. The Bertz CT molecular complexity index is 1610.